The third-order valence-electron chi connectivity index (χ3n) is 4.04. The number of carboxylic acids is 1. The topological polar surface area (TPSA) is 116 Å². The lowest BCUT2D eigenvalue weighted by molar-refractivity contribution is -0.141. The minimum Gasteiger partial charge on any atom is -0.481 e. The Morgan fingerprint density at radius 3 is 2.41 bits per heavy atom. The minimum absolute atomic E-state index is 0.000908. The summed E-state index contributed by atoms with van der Waals surface area (Å²) in [6.07, 6.45) is 0. The number of carbonyl (C=O) groups excluding carboxylic acids is 2. The van der Waals surface area contributed by atoms with Crippen LogP contribution in [0.1, 0.15) is 27.7 Å². The molecule has 0 aromatic carbocycles. The highest BCUT2D eigenvalue weighted by Gasteiger charge is 2.46. The fourth-order valence-corrected chi connectivity index (χ4v) is 2.79. The summed E-state index contributed by atoms with van der Waals surface area (Å²) in [6.45, 7) is 7.76. The van der Waals surface area contributed by atoms with E-state index in [-0.39, 0.29) is 31.1 Å². The second kappa shape index (κ2) is 7.44. The fourth-order valence-electron chi connectivity index (χ4n) is 2.79. The van der Waals surface area contributed by atoms with Crippen LogP contribution in [0.4, 0.5) is 4.79 Å². The van der Waals surface area contributed by atoms with Gasteiger partial charge in [-0.15, -0.1) is 0 Å². The van der Waals surface area contributed by atoms with Crippen LogP contribution in [-0.4, -0.2) is 70.6 Å². The highest BCUT2D eigenvalue weighted by Crippen LogP contribution is 2.24. The van der Waals surface area contributed by atoms with Crippen molar-refractivity contribution < 1.29 is 19.5 Å². The number of nitrogens with zero attached hydrogens (tertiary/aromatic N) is 2. The number of urea groups is 1. The molecule has 126 valence electrons. The Kier molecular flexibility index (Phi) is 6.16. The van der Waals surface area contributed by atoms with Gasteiger partial charge in [0.05, 0.1) is 12.0 Å². The van der Waals surface area contributed by atoms with Crippen molar-refractivity contribution in [2.45, 2.75) is 45.8 Å². The van der Waals surface area contributed by atoms with Crippen LogP contribution in [0.15, 0.2) is 0 Å². The van der Waals surface area contributed by atoms with Crippen molar-refractivity contribution in [3.05, 3.63) is 0 Å². The van der Waals surface area contributed by atoms with E-state index in [2.05, 4.69) is 5.32 Å². The van der Waals surface area contributed by atoms with Gasteiger partial charge >= 0.3 is 12.0 Å². The average molecular weight is 314 g/mol. The maximum atomic E-state index is 12.7. The zero-order valence-corrected chi connectivity index (χ0v) is 13.6. The molecule has 0 spiro atoms. The van der Waals surface area contributed by atoms with Crippen molar-refractivity contribution in [2.75, 3.05) is 19.6 Å². The quantitative estimate of drug-likeness (QED) is 0.643. The first kappa shape index (κ1) is 18.2. The summed E-state index contributed by atoms with van der Waals surface area (Å²) in [6, 6.07) is -1.48. The van der Waals surface area contributed by atoms with E-state index >= 15 is 0 Å². The monoisotopic (exact) mass is 314 g/mol. The summed E-state index contributed by atoms with van der Waals surface area (Å²) in [5.41, 5.74) is 6.01. The predicted octanol–water partition coefficient (Wildman–Crippen LogP) is -0.315. The predicted molar refractivity (Wildman–Crippen MR) is 81.2 cm³/mol. The van der Waals surface area contributed by atoms with E-state index < -0.39 is 24.0 Å². The van der Waals surface area contributed by atoms with Gasteiger partial charge in [-0.2, -0.15) is 0 Å². The molecule has 0 aromatic heterocycles. The van der Waals surface area contributed by atoms with E-state index in [1.165, 1.54) is 11.8 Å². The van der Waals surface area contributed by atoms with Gasteiger partial charge in [0.1, 0.15) is 0 Å². The number of nitrogens with one attached hydrogen (secondary N) is 1. The molecular weight excluding hydrogens is 288 g/mol. The maximum absolute atomic E-state index is 12.7. The van der Waals surface area contributed by atoms with Crippen LogP contribution >= 0.6 is 0 Å². The molecule has 8 nitrogen and oxygen atoms in total. The summed E-state index contributed by atoms with van der Waals surface area (Å²) in [5.74, 6) is -2.09. The first-order valence-corrected chi connectivity index (χ1v) is 7.50. The zero-order chi connectivity index (χ0) is 17.0. The van der Waals surface area contributed by atoms with Gasteiger partial charge in [0.25, 0.3) is 0 Å². The Morgan fingerprint density at radius 2 is 2.00 bits per heavy atom. The normalized spacial score (nSPS) is 24.5. The van der Waals surface area contributed by atoms with Gasteiger partial charge < -0.3 is 26.0 Å². The lowest BCUT2D eigenvalue weighted by Gasteiger charge is -2.34. The largest absolute Gasteiger partial charge is 0.481 e. The van der Waals surface area contributed by atoms with E-state index in [9.17, 15) is 19.5 Å². The number of carbonyl (C=O) groups is 3. The van der Waals surface area contributed by atoms with Gasteiger partial charge in [-0.25, -0.2) is 4.79 Å². The molecule has 4 N–H and O–H groups in total. The van der Waals surface area contributed by atoms with Crippen molar-refractivity contribution in [1.29, 1.82) is 0 Å². The van der Waals surface area contributed by atoms with E-state index in [1.807, 2.05) is 20.8 Å². The van der Waals surface area contributed by atoms with Gasteiger partial charge in [-0.05, 0) is 20.8 Å². The molecule has 22 heavy (non-hydrogen) atoms. The summed E-state index contributed by atoms with van der Waals surface area (Å²) < 4.78 is 0. The number of amides is 3. The summed E-state index contributed by atoms with van der Waals surface area (Å²) in [5, 5.41) is 11.9. The second-order valence-corrected chi connectivity index (χ2v) is 5.84. The molecule has 1 fully saturated rings. The van der Waals surface area contributed by atoms with Gasteiger partial charge in [-0.1, -0.05) is 0 Å². The van der Waals surface area contributed by atoms with Gasteiger partial charge in [0, 0.05) is 38.6 Å². The second-order valence-electron chi connectivity index (χ2n) is 5.84. The number of carboxylic acid groups (broad SMARTS) is 1. The molecule has 1 aliphatic heterocycles. The van der Waals surface area contributed by atoms with E-state index in [1.54, 1.807) is 4.90 Å². The van der Waals surface area contributed by atoms with Crippen LogP contribution in [-0.2, 0) is 9.59 Å². The minimum atomic E-state index is -1.02. The smallest absolute Gasteiger partial charge is 0.320 e. The number of nitrogens with two attached hydrogens (primary N) is 1. The van der Waals surface area contributed by atoms with Crippen LogP contribution in [0.25, 0.3) is 0 Å². The zero-order valence-electron chi connectivity index (χ0n) is 13.6. The van der Waals surface area contributed by atoms with Gasteiger partial charge in [0.15, 0.2) is 0 Å². The van der Waals surface area contributed by atoms with Crippen LogP contribution in [0, 0.1) is 5.92 Å². The Morgan fingerprint density at radius 1 is 1.41 bits per heavy atom. The Balaban J connectivity index is 2.98. The third-order valence-corrected chi connectivity index (χ3v) is 4.04. The molecular formula is C14H26N4O4. The fraction of sp³-hybridized carbons (Fsp3) is 0.786. The highest BCUT2D eigenvalue weighted by molar-refractivity contribution is 5.79. The molecule has 1 rings (SSSR count). The Labute approximate surface area is 130 Å². The Bertz CT molecular complexity index is 441. The molecule has 8 heteroatoms. The lowest BCUT2D eigenvalue weighted by Crippen LogP contribution is -2.54. The number of aliphatic carboxylic acids is 1. The van der Waals surface area contributed by atoms with Gasteiger partial charge in [0.2, 0.25) is 5.91 Å². The summed E-state index contributed by atoms with van der Waals surface area (Å²) in [7, 11) is 0. The number of rotatable bonds is 5. The first-order chi connectivity index (χ1) is 10.2. The SMILES string of the molecule is CCN(C(=O)N1C[C@@H](C(=O)O)[C@@H](N)[C@H]1CNC(C)=O)C(C)C. The molecule has 0 aromatic rings. The summed E-state index contributed by atoms with van der Waals surface area (Å²) >= 11 is 0. The van der Waals surface area contributed by atoms with Crippen LogP contribution in [0.2, 0.25) is 0 Å². The van der Waals surface area contributed by atoms with Crippen molar-refractivity contribution >= 4 is 17.9 Å². The Hall–Kier alpha value is -1.83. The molecule has 3 amide bonds. The molecule has 1 heterocycles. The molecule has 0 saturated carbocycles. The first-order valence-electron chi connectivity index (χ1n) is 7.50. The van der Waals surface area contributed by atoms with Crippen molar-refractivity contribution in [1.82, 2.24) is 15.1 Å². The number of hydrogen-bond acceptors (Lipinski definition) is 4. The van der Waals surface area contributed by atoms with E-state index in [0.29, 0.717) is 6.54 Å². The van der Waals surface area contributed by atoms with Crippen LogP contribution in [0.3, 0.4) is 0 Å². The average Bonchev–Trinajstić information content (AvgIpc) is 2.73. The molecule has 1 saturated heterocycles. The summed E-state index contributed by atoms with van der Waals surface area (Å²) in [4.78, 5) is 38.2. The van der Waals surface area contributed by atoms with Crippen molar-refractivity contribution in [3.63, 3.8) is 0 Å². The van der Waals surface area contributed by atoms with Crippen LogP contribution in [0.5, 0.6) is 0 Å². The maximum Gasteiger partial charge on any atom is 0.320 e. The third kappa shape index (κ3) is 3.88. The molecule has 0 aliphatic carbocycles. The van der Waals surface area contributed by atoms with Crippen molar-refractivity contribution in [3.8, 4) is 0 Å². The molecule has 3 atom stereocenters. The molecule has 1 aliphatic rings. The van der Waals surface area contributed by atoms with Crippen molar-refractivity contribution in [2.24, 2.45) is 11.7 Å². The lowest BCUT2D eigenvalue weighted by atomic mass is 10.00. The highest BCUT2D eigenvalue weighted by atomic mass is 16.4. The van der Waals surface area contributed by atoms with Gasteiger partial charge in [-0.3, -0.25) is 9.59 Å². The molecule has 0 bridgehead atoms. The standard InChI is InChI=1S/C14H26N4O4/c1-5-17(8(2)3)14(22)18-7-10(13(20)21)12(15)11(18)6-16-9(4)19/h8,10-12H,5-7,15H2,1-4H3,(H,16,19)(H,20,21)/t10-,11-,12-/m1/s1. The number of likely N-dealkylation sites (tertiary alicyclic amines) is 1. The van der Waals surface area contributed by atoms with E-state index in [0.717, 1.165) is 0 Å². The van der Waals surface area contributed by atoms with Crippen LogP contribution < -0.4 is 11.1 Å². The molecule has 0 unspecified atom stereocenters. The molecule has 0 radical (unpaired) electrons. The van der Waals surface area contributed by atoms with E-state index in [4.69, 9.17) is 5.73 Å². The number of hydrogen-bond donors (Lipinski definition) is 3.